The van der Waals surface area contributed by atoms with Gasteiger partial charge in [0.05, 0.1) is 12.5 Å². The largest absolute Gasteiger partial charge is 0.508 e. The van der Waals surface area contributed by atoms with E-state index in [9.17, 15) is 4.79 Å². The fraction of sp³-hybridized carbons (Fsp3) is 0.417. The molecule has 1 aromatic carbocycles. The summed E-state index contributed by atoms with van der Waals surface area (Å²) in [6.45, 7) is 2.26. The molecule has 1 aliphatic rings. The maximum absolute atomic E-state index is 11.4. The van der Waals surface area contributed by atoms with Crippen LogP contribution in [0.3, 0.4) is 0 Å². The molecule has 15 heavy (non-hydrogen) atoms. The van der Waals surface area contributed by atoms with E-state index in [-0.39, 0.29) is 23.6 Å². The first-order valence-electron chi connectivity index (χ1n) is 5.18. The van der Waals surface area contributed by atoms with Crippen molar-refractivity contribution in [2.45, 2.75) is 19.3 Å². The molecule has 0 radical (unpaired) electrons. The molecule has 1 aromatic rings. The average Bonchev–Trinajstić information content (AvgIpc) is 2.99. The second kappa shape index (κ2) is 3.93. The summed E-state index contributed by atoms with van der Waals surface area (Å²) in [4.78, 5) is 11.4. The molecule has 3 nitrogen and oxygen atoms in total. The van der Waals surface area contributed by atoms with Gasteiger partial charge in [0, 0.05) is 0 Å². The molecule has 2 atom stereocenters. The Balaban J connectivity index is 1.98. The van der Waals surface area contributed by atoms with Gasteiger partial charge in [-0.2, -0.15) is 0 Å². The van der Waals surface area contributed by atoms with Crippen molar-refractivity contribution in [1.82, 2.24) is 0 Å². The molecule has 0 amide bonds. The molecule has 80 valence electrons. The van der Waals surface area contributed by atoms with E-state index in [0.717, 1.165) is 12.0 Å². The van der Waals surface area contributed by atoms with Crippen LogP contribution in [-0.4, -0.2) is 17.7 Å². The molecule has 1 aliphatic carbocycles. The van der Waals surface area contributed by atoms with Crippen LogP contribution in [0, 0.1) is 5.92 Å². The quantitative estimate of drug-likeness (QED) is 0.770. The van der Waals surface area contributed by atoms with Crippen molar-refractivity contribution in [3.8, 4) is 5.75 Å². The number of carbonyl (C=O) groups excluding carboxylic acids is 1. The smallest absolute Gasteiger partial charge is 0.309 e. The van der Waals surface area contributed by atoms with E-state index in [1.165, 1.54) is 0 Å². The molecule has 2 rings (SSSR count). The highest BCUT2D eigenvalue weighted by Gasteiger charge is 2.44. The molecular formula is C12H14O3. The maximum Gasteiger partial charge on any atom is 0.309 e. The van der Waals surface area contributed by atoms with Crippen LogP contribution >= 0.6 is 0 Å². The topological polar surface area (TPSA) is 46.5 Å². The van der Waals surface area contributed by atoms with Gasteiger partial charge in [0.2, 0.25) is 0 Å². The Morgan fingerprint density at radius 2 is 2.13 bits per heavy atom. The second-order valence-corrected chi connectivity index (χ2v) is 3.79. The predicted octanol–water partition coefficient (Wildman–Crippen LogP) is 2.06. The van der Waals surface area contributed by atoms with Gasteiger partial charge in [0.25, 0.3) is 0 Å². The fourth-order valence-corrected chi connectivity index (χ4v) is 1.79. The highest BCUT2D eigenvalue weighted by atomic mass is 16.5. The van der Waals surface area contributed by atoms with Gasteiger partial charge >= 0.3 is 5.97 Å². The second-order valence-electron chi connectivity index (χ2n) is 3.79. The van der Waals surface area contributed by atoms with Gasteiger partial charge in [0.1, 0.15) is 5.75 Å². The summed E-state index contributed by atoms with van der Waals surface area (Å²) < 4.78 is 4.95. The van der Waals surface area contributed by atoms with Crippen LogP contribution in [0.25, 0.3) is 0 Å². The van der Waals surface area contributed by atoms with E-state index in [1.807, 2.05) is 19.1 Å². The lowest BCUT2D eigenvalue weighted by Gasteiger charge is -2.01. The van der Waals surface area contributed by atoms with E-state index in [0.29, 0.717) is 6.61 Å². The number of hydrogen-bond donors (Lipinski definition) is 1. The zero-order chi connectivity index (χ0) is 10.8. The first kappa shape index (κ1) is 10.0. The zero-order valence-corrected chi connectivity index (χ0v) is 8.64. The number of carbonyl (C=O) groups is 1. The molecule has 1 fully saturated rings. The highest BCUT2D eigenvalue weighted by molar-refractivity contribution is 5.77. The van der Waals surface area contributed by atoms with Gasteiger partial charge in [-0.1, -0.05) is 12.1 Å². The number of rotatable bonds is 3. The Bertz CT molecular complexity index is 356. The molecule has 0 bridgehead atoms. The molecular weight excluding hydrogens is 192 g/mol. The number of ether oxygens (including phenoxy) is 1. The van der Waals surface area contributed by atoms with E-state index in [4.69, 9.17) is 9.84 Å². The third kappa shape index (κ3) is 2.12. The number of phenols is 1. The van der Waals surface area contributed by atoms with Crippen LogP contribution < -0.4 is 0 Å². The van der Waals surface area contributed by atoms with Gasteiger partial charge < -0.3 is 9.84 Å². The number of hydrogen-bond acceptors (Lipinski definition) is 3. The summed E-state index contributed by atoms with van der Waals surface area (Å²) >= 11 is 0. The van der Waals surface area contributed by atoms with Gasteiger partial charge in [-0.25, -0.2) is 0 Å². The molecule has 1 saturated carbocycles. The lowest BCUT2D eigenvalue weighted by molar-refractivity contribution is -0.144. The third-order valence-electron chi connectivity index (χ3n) is 2.70. The minimum Gasteiger partial charge on any atom is -0.508 e. The number of phenolic OH excluding ortho intramolecular Hbond substituents is 1. The molecule has 0 heterocycles. The standard InChI is InChI=1S/C12H14O3/c1-2-15-12(14)11-7-10(11)8-3-5-9(13)6-4-8/h3-6,10-11,13H,2,7H2,1H3/t10-,11+/m0/s1. The van der Waals surface area contributed by atoms with Gasteiger partial charge in [-0.3, -0.25) is 4.79 Å². The van der Waals surface area contributed by atoms with Crippen LogP contribution in [-0.2, 0) is 9.53 Å². The monoisotopic (exact) mass is 206 g/mol. The molecule has 0 unspecified atom stereocenters. The Labute approximate surface area is 88.7 Å². The van der Waals surface area contributed by atoms with Crippen molar-refractivity contribution in [3.63, 3.8) is 0 Å². The van der Waals surface area contributed by atoms with Crippen molar-refractivity contribution < 1.29 is 14.6 Å². The molecule has 0 aliphatic heterocycles. The Kier molecular flexibility index (Phi) is 2.62. The summed E-state index contributed by atoms with van der Waals surface area (Å²) in [7, 11) is 0. The zero-order valence-electron chi connectivity index (χ0n) is 8.64. The Hall–Kier alpha value is -1.51. The van der Waals surface area contributed by atoms with E-state index in [1.54, 1.807) is 12.1 Å². The number of benzene rings is 1. The predicted molar refractivity (Wildman–Crippen MR) is 55.6 cm³/mol. The van der Waals surface area contributed by atoms with Gasteiger partial charge in [-0.15, -0.1) is 0 Å². The summed E-state index contributed by atoms with van der Waals surface area (Å²) in [5.74, 6) is 0.460. The molecule has 0 saturated heterocycles. The SMILES string of the molecule is CCOC(=O)[C@@H]1C[C@H]1c1ccc(O)cc1. The minimum atomic E-state index is -0.101. The van der Waals surface area contributed by atoms with Crippen LogP contribution in [0.2, 0.25) is 0 Å². The lowest BCUT2D eigenvalue weighted by atomic mass is 10.1. The lowest BCUT2D eigenvalue weighted by Crippen LogP contribution is -2.07. The summed E-state index contributed by atoms with van der Waals surface area (Å²) in [6.07, 6.45) is 0.865. The molecule has 0 spiro atoms. The Morgan fingerprint density at radius 3 is 2.73 bits per heavy atom. The van der Waals surface area contributed by atoms with Crippen molar-refractivity contribution >= 4 is 5.97 Å². The van der Waals surface area contributed by atoms with Crippen LogP contribution in [0.15, 0.2) is 24.3 Å². The van der Waals surface area contributed by atoms with Crippen LogP contribution in [0.5, 0.6) is 5.75 Å². The maximum atomic E-state index is 11.4. The summed E-state index contributed by atoms with van der Waals surface area (Å²) in [5.41, 5.74) is 1.10. The van der Waals surface area contributed by atoms with E-state index < -0.39 is 0 Å². The van der Waals surface area contributed by atoms with E-state index >= 15 is 0 Å². The fourth-order valence-electron chi connectivity index (χ4n) is 1.79. The first-order chi connectivity index (χ1) is 7.22. The summed E-state index contributed by atoms with van der Waals surface area (Å²) in [5, 5.41) is 9.13. The Morgan fingerprint density at radius 1 is 1.47 bits per heavy atom. The van der Waals surface area contributed by atoms with Crippen molar-refractivity contribution in [3.05, 3.63) is 29.8 Å². The normalized spacial score (nSPS) is 23.5. The molecule has 0 aromatic heterocycles. The third-order valence-corrected chi connectivity index (χ3v) is 2.70. The van der Waals surface area contributed by atoms with Gasteiger partial charge in [-0.05, 0) is 37.0 Å². The minimum absolute atomic E-state index is 0.0227. The van der Waals surface area contributed by atoms with Crippen LogP contribution in [0.1, 0.15) is 24.8 Å². The molecule has 1 N–H and O–H groups in total. The van der Waals surface area contributed by atoms with Gasteiger partial charge in [0.15, 0.2) is 0 Å². The number of esters is 1. The van der Waals surface area contributed by atoms with Crippen LogP contribution in [0.4, 0.5) is 0 Å². The number of aromatic hydroxyl groups is 1. The first-order valence-corrected chi connectivity index (χ1v) is 5.18. The molecule has 3 heteroatoms. The van der Waals surface area contributed by atoms with E-state index in [2.05, 4.69) is 0 Å². The van der Waals surface area contributed by atoms with Crippen molar-refractivity contribution in [1.29, 1.82) is 0 Å². The van der Waals surface area contributed by atoms with Crippen molar-refractivity contribution in [2.75, 3.05) is 6.61 Å². The summed E-state index contributed by atoms with van der Waals surface area (Å²) in [6, 6.07) is 7.02. The average molecular weight is 206 g/mol. The van der Waals surface area contributed by atoms with Crippen molar-refractivity contribution in [2.24, 2.45) is 5.92 Å². The highest BCUT2D eigenvalue weighted by Crippen LogP contribution is 2.48.